The second kappa shape index (κ2) is 3.44. The first-order valence-corrected chi connectivity index (χ1v) is 5.77. The van der Waals surface area contributed by atoms with Crippen LogP contribution in [-0.2, 0) is 12.8 Å². The Kier molecular flexibility index (Phi) is 2.06. The van der Waals surface area contributed by atoms with Gasteiger partial charge in [-0.1, -0.05) is 0 Å². The summed E-state index contributed by atoms with van der Waals surface area (Å²) >= 11 is 0. The van der Waals surface area contributed by atoms with Crippen molar-refractivity contribution in [2.24, 2.45) is 0 Å². The number of H-pyrrole nitrogens is 1. The number of hydrogen-bond donors (Lipinski definition) is 1. The minimum Gasteiger partial charge on any atom is -0.343 e. The fourth-order valence-electron chi connectivity index (χ4n) is 2.43. The van der Waals surface area contributed by atoms with Gasteiger partial charge in [-0.25, -0.2) is 4.98 Å². The van der Waals surface area contributed by atoms with E-state index in [-0.39, 0.29) is 5.43 Å². The third kappa shape index (κ3) is 1.35. The fourth-order valence-corrected chi connectivity index (χ4v) is 2.43. The first-order chi connectivity index (χ1) is 7.75. The molecule has 0 saturated carbocycles. The van der Waals surface area contributed by atoms with E-state index in [2.05, 4.69) is 9.97 Å². The van der Waals surface area contributed by atoms with Crippen LogP contribution in [0.3, 0.4) is 0 Å². The lowest BCUT2D eigenvalue weighted by Crippen LogP contribution is -2.18. The molecule has 0 fully saturated rings. The first-order valence-electron chi connectivity index (χ1n) is 5.77. The van der Waals surface area contributed by atoms with Crippen molar-refractivity contribution in [1.82, 2.24) is 9.97 Å². The zero-order chi connectivity index (χ0) is 11.1. The number of nitrogens with zero attached hydrogens (tertiary/aromatic N) is 1. The lowest BCUT2D eigenvalue weighted by atomic mass is 9.95. The number of rotatable bonds is 0. The average Bonchev–Trinajstić information content (AvgIpc) is 2.29. The topological polar surface area (TPSA) is 45.8 Å². The number of aryl methyl sites for hydroxylation is 2. The van der Waals surface area contributed by atoms with Crippen molar-refractivity contribution in [1.29, 1.82) is 0 Å². The SMILES string of the molecule is Cc1ccc2c(=O)c3c([nH]c2n1)CCCC3. The van der Waals surface area contributed by atoms with Crippen LogP contribution < -0.4 is 5.43 Å². The molecule has 0 unspecified atom stereocenters. The smallest absolute Gasteiger partial charge is 0.194 e. The fraction of sp³-hybridized carbons (Fsp3) is 0.385. The predicted octanol–water partition coefficient (Wildman–Crippen LogP) is 2.11. The third-order valence-corrected chi connectivity index (χ3v) is 3.29. The van der Waals surface area contributed by atoms with E-state index in [9.17, 15) is 4.79 Å². The van der Waals surface area contributed by atoms with Crippen molar-refractivity contribution in [2.75, 3.05) is 0 Å². The van der Waals surface area contributed by atoms with Gasteiger partial charge in [-0.05, 0) is 44.7 Å². The van der Waals surface area contributed by atoms with Crippen molar-refractivity contribution >= 4 is 11.0 Å². The Morgan fingerprint density at radius 3 is 2.94 bits per heavy atom. The molecule has 0 aliphatic heterocycles. The Morgan fingerprint density at radius 2 is 2.06 bits per heavy atom. The summed E-state index contributed by atoms with van der Waals surface area (Å²) in [5.74, 6) is 0. The highest BCUT2D eigenvalue weighted by Crippen LogP contribution is 2.19. The third-order valence-electron chi connectivity index (χ3n) is 3.29. The molecule has 3 rings (SSSR count). The van der Waals surface area contributed by atoms with Crippen molar-refractivity contribution in [3.05, 3.63) is 39.3 Å². The van der Waals surface area contributed by atoms with Crippen LogP contribution in [0, 0.1) is 6.92 Å². The first kappa shape index (κ1) is 9.58. The Hall–Kier alpha value is -1.64. The number of nitrogens with one attached hydrogen (secondary N) is 1. The van der Waals surface area contributed by atoms with E-state index in [1.54, 1.807) is 0 Å². The number of fused-ring (bicyclic) bond motifs is 2. The van der Waals surface area contributed by atoms with Gasteiger partial charge >= 0.3 is 0 Å². The molecule has 16 heavy (non-hydrogen) atoms. The molecule has 0 bridgehead atoms. The van der Waals surface area contributed by atoms with E-state index in [4.69, 9.17) is 0 Å². The van der Waals surface area contributed by atoms with Crippen molar-refractivity contribution < 1.29 is 0 Å². The van der Waals surface area contributed by atoms with Gasteiger partial charge < -0.3 is 4.98 Å². The summed E-state index contributed by atoms with van der Waals surface area (Å²) in [7, 11) is 0. The van der Waals surface area contributed by atoms with Gasteiger partial charge in [-0.3, -0.25) is 4.79 Å². The van der Waals surface area contributed by atoms with Gasteiger partial charge in [0.05, 0.1) is 5.39 Å². The summed E-state index contributed by atoms with van der Waals surface area (Å²) in [5, 5.41) is 0.728. The van der Waals surface area contributed by atoms with Crippen LogP contribution in [-0.4, -0.2) is 9.97 Å². The van der Waals surface area contributed by atoms with Crippen LogP contribution in [0.1, 0.15) is 29.8 Å². The molecule has 0 aromatic carbocycles. The summed E-state index contributed by atoms with van der Waals surface area (Å²) in [6, 6.07) is 3.78. The van der Waals surface area contributed by atoms with E-state index in [0.717, 1.165) is 47.2 Å². The van der Waals surface area contributed by atoms with Gasteiger partial charge in [0.25, 0.3) is 0 Å². The zero-order valence-electron chi connectivity index (χ0n) is 9.34. The monoisotopic (exact) mass is 214 g/mol. The summed E-state index contributed by atoms with van der Waals surface area (Å²) in [6.45, 7) is 1.94. The zero-order valence-corrected chi connectivity index (χ0v) is 9.34. The Balaban J connectivity index is 2.39. The molecule has 2 heterocycles. The number of pyridine rings is 2. The molecule has 0 radical (unpaired) electrons. The Bertz CT molecular complexity index is 613. The van der Waals surface area contributed by atoms with Gasteiger partial charge in [0.1, 0.15) is 5.65 Å². The maximum Gasteiger partial charge on any atom is 0.194 e. The summed E-state index contributed by atoms with van der Waals surface area (Å²) in [5.41, 5.74) is 3.94. The number of hydrogen-bond acceptors (Lipinski definition) is 2. The molecule has 3 nitrogen and oxygen atoms in total. The van der Waals surface area contributed by atoms with Crippen molar-refractivity contribution in [3.8, 4) is 0 Å². The minimum absolute atomic E-state index is 0.177. The molecule has 82 valence electrons. The second-order valence-electron chi connectivity index (χ2n) is 4.47. The molecule has 0 saturated heterocycles. The molecular formula is C13H14N2O. The maximum atomic E-state index is 12.2. The van der Waals surface area contributed by atoms with Crippen LogP contribution in [0.5, 0.6) is 0 Å². The van der Waals surface area contributed by atoms with Crippen molar-refractivity contribution in [3.63, 3.8) is 0 Å². The van der Waals surface area contributed by atoms with E-state index < -0.39 is 0 Å². The van der Waals surface area contributed by atoms with Crippen LogP contribution in [0.4, 0.5) is 0 Å². The maximum absolute atomic E-state index is 12.2. The van der Waals surface area contributed by atoms with Crippen molar-refractivity contribution in [2.45, 2.75) is 32.6 Å². The van der Waals surface area contributed by atoms with Gasteiger partial charge in [0, 0.05) is 17.0 Å². The Morgan fingerprint density at radius 1 is 1.25 bits per heavy atom. The van der Waals surface area contributed by atoms with E-state index in [1.165, 1.54) is 6.42 Å². The minimum atomic E-state index is 0.177. The van der Waals surface area contributed by atoms with E-state index in [1.807, 2.05) is 19.1 Å². The van der Waals surface area contributed by atoms with Crippen LogP contribution in [0.15, 0.2) is 16.9 Å². The predicted molar refractivity (Wildman–Crippen MR) is 63.7 cm³/mol. The largest absolute Gasteiger partial charge is 0.343 e. The van der Waals surface area contributed by atoms with E-state index >= 15 is 0 Å². The molecule has 3 heteroatoms. The molecule has 1 aliphatic rings. The average molecular weight is 214 g/mol. The number of aromatic nitrogens is 2. The molecule has 0 spiro atoms. The summed E-state index contributed by atoms with van der Waals surface area (Å²) in [6.07, 6.45) is 4.19. The van der Waals surface area contributed by atoms with Crippen LogP contribution in [0.2, 0.25) is 0 Å². The van der Waals surface area contributed by atoms with E-state index in [0.29, 0.717) is 0 Å². The molecular weight excluding hydrogens is 200 g/mol. The van der Waals surface area contributed by atoms with Gasteiger partial charge in [-0.15, -0.1) is 0 Å². The molecule has 0 atom stereocenters. The quantitative estimate of drug-likeness (QED) is 0.730. The standard InChI is InChI=1S/C13H14N2O/c1-8-6-7-10-12(16)9-4-2-3-5-11(9)15-13(10)14-8/h6-7H,2-5H2,1H3,(H,14,15,16). The molecule has 1 N–H and O–H groups in total. The molecule has 2 aromatic rings. The lowest BCUT2D eigenvalue weighted by molar-refractivity contribution is 0.667. The normalized spacial score (nSPS) is 15.1. The molecule has 2 aromatic heterocycles. The summed E-state index contributed by atoms with van der Waals surface area (Å²) in [4.78, 5) is 19.9. The molecule has 0 amide bonds. The highest BCUT2D eigenvalue weighted by atomic mass is 16.1. The van der Waals surface area contributed by atoms with Gasteiger partial charge in [0.2, 0.25) is 0 Å². The highest BCUT2D eigenvalue weighted by molar-refractivity contribution is 5.75. The van der Waals surface area contributed by atoms with Crippen LogP contribution >= 0.6 is 0 Å². The summed E-state index contributed by atoms with van der Waals surface area (Å²) < 4.78 is 0. The van der Waals surface area contributed by atoms with Crippen LogP contribution in [0.25, 0.3) is 11.0 Å². The Labute approximate surface area is 93.5 Å². The molecule has 1 aliphatic carbocycles. The van der Waals surface area contributed by atoms with Gasteiger partial charge in [-0.2, -0.15) is 0 Å². The number of aromatic amines is 1. The second-order valence-corrected chi connectivity index (χ2v) is 4.47. The lowest BCUT2D eigenvalue weighted by Gasteiger charge is -2.15. The highest BCUT2D eigenvalue weighted by Gasteiger charge is 2.15. The van der Waals surface area contributed by atoms with Gasteiger partial charge in [0.15, 0.2) is 5.43 Å².